The zero-order chi connectivity index (χ0) is 19.3. The Labute approximate surface area is 155 Å². The molecule has 0 aliphatic heterocycles. The summed E-state index contributed by atoms with van der Waals surface area (Å²) < 4.78 is 5.91. The summed E-state index contributed by atoms with van der Waals surface area (Å²) in [6.45, 7) is 10.2. The van der Waals surface area contributed by atoms with Crippen LogP contribution < -0.4 is 15.8 Å². The van der Waals surface area contributed by atoms with Crippen LogP contribution in [0, 0.1) is 12.8 Å². The fraction of sp³-hybridized carbons (Fsp3) is 0.450. The van der Waals surface area contributed by atoms with Gasteiger partial charge in [0.2, 0.25) is 5.91 Å². The van der Waals surface area contributed by atoms with Crippen molar-refractivity contribution in [2.24, 2.45) is 11.7 Å². The molecule has 0 aromatic carbocycles. The molecule has 0 unspecified atom stereocenters. The van der Waals surface area contributed by atoms with Crippen LogP contribution in [0.2, 0.25) is 0 Å². The van der Waals surface area contributed by atoms with Crippen molar-refractivity contribution in [2.75, 3.05) is 11.9 Å². The maximum atomic E-state index is 11.2. The Morgan fingerprint density at radius 3 is 2.69 bits per heavy atom. The lowest BCUT2D eigenvalue weighted by Crippen LogP contribution is -2.43. The molecule has 0 aliphatic rings. The number of aromatic nitrogens is 2. The maximum Gasteiger partial charge on any atom is 0.222 e. The number of hydrogen-bond acceptors (Lipinski definition) is 5. The number of amides is 1. The predicted octanol–water partition coefficient (Wildman–Crippen LogP) is 3.55. The van der Waals surface area contributed by atoms with Crippen molar-refractivity contribution < 1.29 is 9.53 Å². The number of pyridine rings is 2. The molecule has 3 N–H and O–H groups in total. The lowest BCUT2D eigenvalue weighted by atomic mass is 9.93. The lowest BCUT2D eigenvalue weighted by molar-refractivity contribution is -0.114. The summed E-state index contributed by atoms with van der Waals surface area (Å²) in [6, 6.07) is 5.61. The quantitative estimate of drug-likeness (QED) is 0.792. The molecule has 6 heteroatoms. The summed E-state index contributed by atoms with van der Waals surface area (Å²) in [5, 5.41) is 2.68. The highest BCUT2D eigenvalue weighted by atomic mass is 16.5. The first kappa shape index (κ1) is 19.8. The van der Waals surface area contributed by atoms with E-state index in [0.29, 0.717) is 18.3 Å². The number of anilines is 1. The van der Waals surface area contributed by atoms with E-state index in [1.165, 1.54) is 6.92 Å². The van der Waals surface area contributed by atoms with Crippen LogP contribution in [0.1, 0.15) is 39.7 Å². The van der Waals surface area contributed by atoms with Gasteiger partial charge in [-0.25, -0.2) is 4.98 Å². The molecule has 6 nitrogen and oxygen atoms in total. The van der Waals surface area contributed by atoms with Gasteiger partial charge in [0.15, 0.2) is 0 Å². The summed E-state index contributed by atoms with van der Waals surface area (Å²) in [7, 11) is 0. The second kappa shape index (κ2) is 8.27. The minimum atomic E-state index is -0.377. The second-order valence-corrected chi connectivity index (χ2v) is 7.49. The van der Waals surface area contributed by atoms with Gasteiger partial charge in [0, 0.05) is 24.2 Å². The van der Waals surface area contributed by atoms with Gasteiger partial charge >= 0.3 is 0 Å². The number of nitrogens with two attached hydrogens (primary N) is 1. The molecule has 26 heavy (non-hydrogen) atoms. The number of carbonyl (C=O) groups is 1. The highest BCUT2D eigenvalue weighted by Gasteiger charge is 2.21. The zero-order valence-electron chi connectivity index (χ0n) is 16.2. The zero-order valence-corrected chi connectivity index (χ0v) is 16.2. The average Bonchev–Trinajstić information content (AvgIpc) is 2.52. The second-order valence-electron chi connectivity index (χ2n) is 7.49. The van der Waals surface area contributed by atoms with Gasteiger partial charge in [-0.2, -0.15) is 0 Å². The van der Waals surface area contributed by atoms with Crippen LogP contribution in [-0.4, -0.2) is 28.0 Å². The van der Waals surface area contributed by atoms with Crippen molar-refractivity contribution in [3.63, 3.8) is 0 Å². The first-order valence-electron chi connectivity index (χ1n) is 8.78. The first-order valence-corrected chi connectivity index (χ1v) is 8.78. The van der Waals surface area contributed by atoms with Crippen molar-refractivity contribution in [1.82, 2.24) is 9.97 Å². The minimum absolute atomic E-state index is 0.159. The van der Waals surface area contributed by atoms with Crippen molar-refractivity contribution in [3.8, 4) is 17.0 Å². The molecule has 2 rings (SSSR count). The van der Waals surface area contributed by atoms with E-state index in [-0.39, 0.29) is 11.4 Å². The molecule has 0 fully saturated rings. The number of ether oxygens (including phenoxy) is 1. The Kier molecular flexibility index (Phi) is 6.32. The van der Waals surface area contributed by atoms with E-state index in [4.69, 9.17) is 10.5 Å². The molecule has 0 aliphatic carbocycles. The van der Waals surface area contributed by atoms with Gasteiger partial charge in [-0.15, -0.1) is 0 Å². The topological polar surface area (TPSA) is 90.1 Å². The molecule has 0 bridgehead atoms. The highest BCUT2D eigenvalue weighted by Crippen LogP contribution is 2.25. The molecular formula is C20H28N4O2. The number of hydrogen-bond donors (Lipinski definition) is 2. The number of aryl methyl sites for hydroxylation is 1. The molecule has 140 valence electrons. The van der Waals surface area contributed by atoms with Crippen molar-refractivity contribution in [2.45, 2.75) is 46.6 Å². The van der Waals surface area contributed by atoms with Gasteiger partial charge in [-0.1, -0.05) is 13.8 Å². The van der Waals surface area contributed by atoms with E-state index in [1.54, 1.807) is 18.5 Å². The molecule has 0 saturated heterocycles. The molecular weight excluding hydrogens is 328 g/mol. The van der Waals surface area contributed by atoms with Gasteiger partial charge in [0.25, 0.3) is 0 Å². The van der Waals surface area contributed by atoms with Gasteiger partial charge in [0.1, 0.15) is 18.2 Å². The molecule has 1 atom stereocenters. The Balaban J connectivity index is 2.13. The molecule has 2 aromatic heterocycles. The van der Waals surface area contributed by atoms with Crippen LogP contribution in [0.25, 0.3) is 11.3 Å². The number of nitrogens with one attached hydrogen (secondary N) is 1. The molecule has 1 amide bonds. The van der Waals surface area contributed by atoms with Gasteiger partial charge in [-0.3, -0.25) is 9.78 Å². The van der Waals surface area contributed by atoms with Crippen LogP contribution in [0.5, 0.6) is 5.75 Å². The summed E-state index contributed by atoms with van der Waals surface area (Å²) in [4.78, 5) is 19.8. The van der Waals surface area contributed by atoms with Crippen molar-refractivity contribution in [3.05, 3.63) is 36.2 Å². The monoisotopic (exact) mass is 356 g/mol. The van der Waals surface area contributed by atoms with Crippen LogP contribution in [-0.2, 0) is 4.79 Å². The van der Waals surface area contributed by atoms with E-state index in [9.17, 15) is 4.79 Å². The predicted molar refractivity (Wildman–Crippen MR) is 104 cm³/mol. The number of carbonyl (C=O) groups excluding carboxylic acids is 1. The summed E-state index contributed by atoms with van der Waals surface area (Å²) in [6.07, 6.45) is 4.25. The third-order valence-corrected chi connectivity index (χ3v) is 3.85. The normalized spacial score (nSPS) is 13.3. The van der Waals surface area contributed by atoms with E-state index >= 15 is 0 Å². The largest absolute Gasteiger partial charge is 0.490 e. The van der Waals surface area contributed by atoms with Gasteiger partial charge < -0.3 is 15.8 Å². The minimum Gasteiger partial charge on any atom is -0.490 e. The van der Waals surface area contributed by atoms with Crippen LogP contribution in [0.15, 0.2) is 30.6 Å². The molecule has 0 radical (unpaired) electrons. The van der Waals surface area contributed by atoms with E-state index < -0.39 is 0 Å². The summed E-state index contributed by atoms with van der Waals surface area (Å²) >= 11 is 0. The summed E-state index contributed by atoms with van der Waals surface area (Å²) in [5.41, 5.74) is 8.58. The highest BCUT2D eigenvalue weighted by molar-refractivity contribution is 5.88. The third kappa shape index (κ3) is 5.81. The molecule has 0 spiro atoms. The van der Waals surface area contributed by atoms with Crippen molar-refractivity contribution in [1.29, 1.82) is 0 Å². The van der Waals surface area contributed by atoms with E-state index in [0.717, 1.165) is 29.0 Å². The SMILES string of the molecule is CC(=O)Nc1cc(-c2cc(C)c(OC[C@@](C)(N)CC(C)C)cn2)ccn1. The molecule has 0 saturated carbocycles. The molecule has 2 heterocycles. The van der Waals surface area contributed by atoms with Gasteiger partial charge in [0.05, 0.1) is 11.9 Å². The van der Waals surface area contributed by atoms with Gasteiger partial charge in [-0.05, 0) is 49.9 Å². The van der Waals surface area contributed by atoms with Crippen molar-refractivity contribution >= 4 is 11.7 Å². The van der Waals surface area contributed by atoms with E-state index in [1.807, 2.05) is 26.0 Å². The number of nitrogens with zero attached hydrogens (tertiary/aromatic N) is 2. The summed E-state index contributed by atoms with van der Waals surface area (Å²) in [5.74, 6) is 1.58. The number of rotatable bonds is 7. The van der Waals surface area contributed by atoms with E-state index in [2.05, 4.69) is 29.1 Å². The Morgan fingerprint density at radius 1 is 1.35 bits per heavy atom. The fourth-order valence-corrected chi connectivity index (χ4v) is 2.93. The standard InChI is InChI=1S/C20H28N4O2/c1-13(2)10-20(5,21)12-26-18-11-23-17(8-14(18)3)16-6-7-22-19(9-16)24-15(4)25/h6-9,11,13H,10,12,21H2,1-5H3,(H,22,24,25)/t20-/m0/s1. The Hall–Kier alpha value is -2.47. The van der Waals surface area contributed by atoms with Crippen LogP contribution in [0.3, 0.4) is 0 Å². The maximum absolute atomic E-state index is 11.2. The Bertz CT molecular complexity index is 772. The lowest BCUT2D eigenvalue weighted by Gasteiger charge is -2.27. The van der Waals surface area contributed by atoms with Crippen LogP contribution >= 0.6 is 0 Å². The third-order valence-electron chi connectivity index (χ3n) is 3.85. The smallest absolute Gasteiger partial charge is 0.222 e. The average molecular weight is 356 g/mol. The van der Waals surface area contributed by atoms with Crippen LogP contribution in [0.4, 0.5) is 5.82 Å². The first-order chi connectivity index (χ1) is 12.2. The molecule has 2 aromatic rings. The fourth-order valence-electron chi connectivity index (χ4n) is 2.93. The Morgan fingerprint density at radius 2 is 2.08 bits per heavy atom.